The lowest BCUT2D eigenvalue weighted by Crippen LogP contribution is -2.38. The van der Waals surface area contributed by atoms with Gasteiger partial charge in [0, 0.05) is 31.9 Å². The topological polar surface area (TPSA) is 106 Å². The molecule has 2 aromatic rings. The average Bonchev–Trinajstić information content (AvgIpc) is 3.38. The largest absolute Gasteiger partial charge is 0.460 e. The third-order valence-corrected chi connectivity index (χ3v) is 6.47. The number of likely N-dealkylation sites (tertiary alicyclic amines) is 1. The van der Waals surface area contributed by atoms with Gasteiger partial charge in [-0.1, -0.05) is 42.5 Å². The third-order valence-electron chi connectivity index (χ3n) is 6.47. The van der Waals surface area contributed by atoms with Gasteiger partial charge in [-0.3, -0.25) is 4.79 Å². The van der Waals surface area contributed by atoms with Gasteiger partial charge in [0.15, 0.2) is 0 Å². The van der Waals surface area contributed by atoms with Crippen LogP contribution in [0.4, 0.5) is 15.3 Å². The molecule has 0 saturated carbocycles. The van der Waals surface area contributed by atoms with E-state index in [1.54, 1.807) is 4.90 Å². The second-order valence-electron chi connectivity index (χ2n) is 12.4. The molecule has 1 fully saturated rings. The molecule has 2 atom stereocenters. The number of benzene rings is 2. The number of hydrogen-bond acceptors (Lipinski definition) is 7. The first-order chi connectivity index (χ1) is 19.3. The Hall–Kier alpha value is -3.75. The fraction of sp³-hybridized carbons (Fsp3) is 0.531. The first kappa shape index (κ1) is 31.8. The van der Waals surface area contributed by atoms with Gasteiger partial charge in [0.25, 0.3) is 0 Å². The van der Waals surface area contributed by atoms with Crippen molar-refractivity contribution in [3.8, 4) is 0 Å². The summed E-state index contributed by atoms with van der Waals surface area (Å²) in [6, 6.07) is 17.4. The maximum Gasteiger partial charge on any atom is 0.410 e. The van der Waals surface area contributed by atoms with Gasteiger partial charge in [0.2, 0.25) is 0 Å². The van der Waals surface area contributed by atoms with Gasteiger partial charge < -0.3 is 29.7 Å². The van der Waals surface area contributed by atoms with Crippen LogP contribution in [0, 0.1) is 11.8 Å². The van der Waals surface area contributed by atoms with Crippen molar-refractivity contribution in [1.29, 1.82) is 0 Å². The smallest absolute Gasteiger partial charge is 0.410 e. The molecule has 0 aliphatic carbocycles. The third kappa shape index (κ3) is 11.3. The predicted octanol–water partition coefficient (Wildman–Crippen LogP) is 5.78. The number of carbonyl (C=O) groups excluding carboxylic acids is 3. The number of ether oxygens (including phenoxy) is 3. The molecule has 2 amide bonds. The second-order valence-corrected chi connectivity index (χ2v) is 12.4. The van der Waals surface area contributed by atoms with Crippen LogP contribution in [0.2, 0.25) is 0 Å². The Labute approximate surface area is 243 Å². The summed E-state index contributed by atoms with van der Waals surface area (Å²) in [7, 11) is 0. The molecule has 224 valence electrons. The van der Waals surface area contributed by atoms with Gasteiger partial charge >= 0.3 is 18.2 Å². The van der Waals surface area contributed by atoms with Crippen LogP contribution < -0.4 is 10.6 Å². The van der Waals surface area contributed by atoms with Gasteiger partial charge in [0.1, 0.15) is 17.8 Å². The Morgan fingerprint density at radius 2 is 1.59 bits per heavy atom. The Kier molecular flexibility index (Phi) is 11.0. The summed E-state index contributed by atoms with van der Waals surface area (Å²) in [5, 5.41) is 6.06. The fourth-order valence-electron chi connectivity index (χ4n) is 4.64. The number of alkyl carbamates (subject to hydrolysis) is 1. The molecule has 1 aliphatic rings. The molecule has 2 unspecified atom stereocenters. The van der Waals surface area contributed by atoms with Gasteiger partial charge in [-0.05, 0) is 83.6 Å². The summed E-state index contributed by atoms with van der Waals surface area (Å²) in [4.78, 5) is 39.7. The Bertz CT molecular complexity index is 1160. The zero-order valence-corrected chi connectivity index (χ0v) is 25.2. The van der Waals surface area contributed by atoms with Crippen LogP contribution in [0.1, 0.15) is 59.1 Å². The molecule has 0 bridgehead atoms. The lowest BCUT2D eigenvalue weighted by Gasteiger charge is -2.28. The Morgan fingerprint density at radius 1 is 0.902 bits per heavy atom. The Morgan fingerprint density at radius 3 is 2.27 bits per heavy atom. The summed E-state index contributed by atoms with van der Waals surface area (Å²) < 4.78 is 16.6. The first-order valence-corrected chi connectivity index (χ1v) is 14.3. The number of nitrogens with zero attached hydrogens (tertiary/aromatic N) is 1. The predicted molar refractivity (Wildman–Crippen MR) is 159 cm³/mol. The number of esters is 1. The molecule has 2 N–H and O–H groups in total. The summed E-state index contributed by atoms with van der Waals surface area (Å²) in [5.74, 6) is -0.705. The molecule has 9 nitrogen and oxygen atoms in total. The summed E-state index contributed by atoms with van der Waals surface area (Å²) in [5.41, 5.74) is 1.60. The highest BCUT2D eigenvalue weighted by Gasteiger charge is 2.39. The minimum Gasteiger partial charge on any atom is -0.460 e. The monoisotopic (exact) mass is 567 g/mol. The number of rotatable bonds is 10. The lowest BCUT2D eigenvalue weighted by atomic mass is 9.86. The van der Waals surface area contributed by atoms with Crippen LogP contribution in [0.5, 0.6) is 0 Å². The maximum atomic E-state index is 13.3. The molecule has 9 heteroatoms. The minimum atomic E-state index is -0.614. The first-order valence-electron chi connectivity index (χ1n) is 14.3. The van der Waals surface area contributed by atoms with E-state index in [4.69, 9.17) is 14.2 Å². The molecule has 0 spiro atoms. The van der Waals surface area contributed by atoms with E-state index in [9.17, 15) is 14.4 Å². The van der Waals surface area contributed by atoms with E-state index in [0.717, 1.165) is 16.8 Å². The number of carbonyl (C=O) groups is 3. The number of nitrogens with one attached hydrogen (secondary N) is 2. The van der Waals surface area contributed by atoms with Gasteiger partial charge in [-0.25, -0.2) is 9.59 Å². The van der Waals surface area contributed by atoms with Gasteiger partial charge in [0.05, 0.1) is 5.92 Å². The summed E-state index contributed by atoms with van der Waals surface area (Å²) in [6.45, 7) is 13.2. The fourth-order valence-corrected chi connectivity index (χ4v) is 4.64. The molecule has 1 saturated heterocycles. The van der Waals surface area contributed by atoms with Crippen molar-refractivity contribution in [3.63, 3.8) is 0 Å². The van der Waals surface area contributed by atoms with Crippen molar-refractivity contribution in [2.75, 3.05) is 31.5 Å². The molecule has 2 aromatic carbocycles. The van der Waals surface area contributed by atoms with Crippen LogP contribution in [0.3, 0.4) is 0 Å². The van der Waals surface area contributed by atoms with E-state index >= 15 is 0 Å². The van der Waals surface area contributed by atoms with Gasteiger partial charge in [-0.2, -0.15) is 0 Å². The molecule has 0 radical (unpaired) electrons. The lowest BCUT2D eigenvalue weighted by molar-refractivity contribution is -0.161. The van der Waals surface area contributed by atoms with Gasteiger partial charge in [-0.15, -0.1) is 0 Å². The number of hydrogen-bond donors (Lipinski definition) is 2. The quantitative estimate of drug-likeness (QED) is 0.213. The van der Waals surface area contributed by atoms with E-state index in [1.807, 2.05) is 96.1 Å². The minimum absolute atomic E-state index is 0.0416. The van der Waals surface area contributed by atoms with Crippen LogP contribution in [-0.4, -0.2) is 60.4 Å². The SMILES string of the molecule is CC(C)(C)OC(=O)C(Cc1cccc(NCCNC(=O)OCc2ccccc2)c1)C1CCN(C(=O)OC(C)(C)C)C1. The Balaban J connectivity index is 1.56. The maximum absolute atomic E-state index is 13.3. The van der Waals surface area contributed by atoms with Crippen molar-refractivity contribution in [1.82, 2.24) is 10.2 Å². The van der Waals surface area contributed by atoms with Crippen molar-refractivity contribution in [2.24, 2.45) is 11.8 Å². The van der Waals surface area contributed by atoms with E-state index in [2.05, 4.69) is 10.6 Å². The summed E-state index contributed by atoms with van der Waals surface area (Å²) >= 11 is 0. The molecule has 41 heavy (non-hydrogen) atoms. The molecule has 0 aromatic heterocycles. The number of anilines is 1. The van der Waals surface area contributed by atoms with E-state index in [1.165, 1.54) is 0 Å². The van der Waals surface area contributed by atoms with Crippen molar-refractivity contribution in [2.45, 2.75) is 72.2 Å². The van der Waals surface area contributed by atoms with Crippen LogP contribution in [-0.2, 0) is 32.0 Å². The highest BCUT2D eigenvalue weighted by Crippen LogP contribution is 2.31. The van der Waals surface area contributed by atoms with E-state index < -0.39 is 23.2 Å². The van der Waals surface area contributed by atoms with Crippen molar-refractivity contribution >= 4 is 23.8 Å². The van der Waals surface area contributed by atoms with Crippen LogP contribution in [0.25, 0.3) is 0 Å². The van der Waals surface area contributed by atoms with Crippen LogP contribution >= 0.6 is 0 Å². The second kappa shape index (κ2) is 14.2. The molecule has 3 rings (SSSR count). The van der Waals surface area contributed by atoms with Crippen molar-refractivity contribution in [3.05, 3.63) is 65.7 Å². The standard InChI is InChI=1S/C32H45N3O6/c1-31(2,3)40-28(36)27(25-15-18-35(21-25)30(38)41-32(4,5)6)20-24-13-10-14-26(19-24)33-16-17-34-29(37)39-22-23-11-8-7-9-12-23/h7-14,19,25,27,33H,15-18,20-22H2,1-6H3,(H,34,37). The van der Waals surface area contributed by atoms with Crippen LogP contribution in [0.15, 0.2) is 54.6 Å². The zero-order valence-electron chi connectivity index (χ0n) is 25.2. The molecule has 1 heterocycles. The highest BCUT2D eigenvalue weighted by atomic mass is 16.6. The number of amides is 2. The zero-order chi connectivity index (χ0) is 30.0. The highest BCUT2D eigenvalue weighted by molar-refractivity contribution is 5.74. The summed E-state index contributed by atoms with van der Waals surface area (Å²) in [6.07, 6.45) is 0.363. The molecular formula is C32H45N3O6. The normalized spacial score (nSPS) is 16.0. The van der Waals surface area contributed by atoms with Crippen molar-refractivity contribution < 1.29 is 28.6 Å². The van der Waals surface area contributed by atoms with E-state index in [-0.39, 0.29) is 24.6 Å². The molecular weight excluding hydrogens is 522 g/mol. The molecule has 1 aliphatic heterocycles. The average molecular weight is 568 g/mol. The van der Waals surface area contributed by atoms with E-state index in [0.29, 0.717) is 39.0 Å².